The van der Waals surface area contributed by atoms with Crippen LogP contribution in [0.3, 0.4) is 0 Å². The van der Waals surface area contributed by atoms with Crippen LogP contribution in [0.5, 0.6) is 0 Å². The molecule has 0 fully saturated rings. The fraction of sp³-hybridized carbons (Fsp3) is 0.474. The van der Waals surface area contributed by atoms with Crippen molar-refractivity contribution in [1.82, 2.24) is 19.9 Å². The van der Waals surface area contributed by atoms with E-state index in [1.54, 1.807) is 6.92 Å². The van der Waals surface area contributed by atoms with Crippen molar-refractivity contribution in [2.24, 2.45) is 0 Å². The molecule has 0 atom stereocenters. The first kappa shape index (κ1) is 18.1. The van der Waals surface area contributed by atoms with Crippen LogP contribution in [-0.2, 0) is 17.8 Å². The lowest BCUT2D eigenvalue weighted by molar-refractivity contribution is -0.129. The Hall–Kier alpha value is -2.70. The Bertz CT molecular complexity index is 774. The Morgan fingerprint density at radius 3 is 2.73 bits per heavy atom. The van der Waals surface area contributed by atoms with Gasteiger partial charge in [-0.1, -0.05) is 6.07 Å². The van der Waals surface area contributed by atoms with Gasteiger partial charge in [-0.05, 0) is 38.3 Å². The van der Waals surface area contributed by atoms with Crippen LogP contribution in [0.4, 0.5) is 11.6 Å². The molecule has 2 N–H and O–H groups in total. The number of carbonyl (C=O) groups excluding carboxylic acids is 1. The normalized spacial score (nSPS) is 13.3. The number of pyridine rings is 1. The third kappa shape index (κ3) is 4.47. The molecule has 0 aromatic carbocycles. The number of carbonyl (C=O) groups is 1. The molecule has 0 unspecified atom stereocenters. The number of anilines is 2. The molecular formula is C19H26N6O. The highest BCUT2D eigenvalue weighted by atomic mass is 16.2. The molecule has 0 saturated carbocycles. The number of nitrogens with one attached hydrogen (secondary N) is 2. The van der Waals surface area contributed by atoms with Gasteiger partial charge in [0.2, 0.25) is 5.91 Å². The van der Waals surface area contributed by atoms with Gasteiger partial charge in [-0.2, -0.15) is 0 Å². The average Bonchev–Trinajstić information content (AvgIpc) is 2.62. The van der Waals surface area contributed by atoms with Gasteiger partial charge >= 0.3 is 0 Å². The lowest BCUT2D eigenvalue weighted by Crippen LogP contribution is -2.35. The largest absolute Gasteiger partial charge is 0.370 e. The highest BCUT2D eigenvalue weighted by Gasteiger charge is 2.22. The molecule has 2 aromatic heterocycles. The van der Waals surface area contributed by atoms with Gasteiger partial charge in [0.05, 0.1) is 12.2 Å². The SMILES string of the molecule is CC(=O)N1CCc2c(nc(C)nc2NCCCNc2ccc(C)cn2)C1. The number of fused-ring (bicyclic) bond motifs is 1. The maximum atomic E-state index is 11.6. The van der Waals surface area contributed by atoms with Gasteiger partial charge in [-0.3, -0.25) is 4.79 Å². The summed E-state index contributed by atoms with van der Waals surface area (Å²) in [6, 6.07) is 4.04. The molecule has 1 aliphatic heterocycles. The second kappa shape index (κ2) is 8.12. The van der Waals surface area contributed by atoms with E-state index in [4.69, 9.17) is 0 Å². The van der Waals surface area contributed by atoms with E-state index in [1.165, 1.54) is 0 Å². The fourth-order valence-electron chi connectivity index (χ4n) is 3.05. The molecule has 7 nitrogen and oxygen atoms in total. The Morgan fingerprint density at radius 1 is 1.19 bits per heavy atom. The summed E-state index contributed by atoms with van der Waals surface area (Å²) in [6.07, 6.45) is 3.61. The third-order valence-corrected chi connectivity index (χ3v) is 4.49. The van der Waals surface area contributed by atoms with Crippen molar-refractivity contribution in [1.29, 1.82) is 0 Å². The van der Waals surface area contributed by atoms with Gasteiger partial charge in [0.25, 0.3) is 0 Å². The van der Waals surface area contributed by atoms with Gasteiger partial charge in [-0.25, -0.2) is 15.0 Å². The number of hydrogen-bond acceptors (Lipinski definition) is 6. The second-order valence-corrected chi connectivity index (χ2v) is 6.66. The third-order valence-electron chi connectivity index (χ3n) is 4.49. The van der Waals surface area contributed by atoms with Crippen molar-refractivity contribution in [3.8, 4) is 0 Å². The van der Waals surface area contributed by atoms with Crippen LogP contribution < -0.4 is 10.6 Å². The molecule has 26 heavy (non-hydrogen) atoms. The van der Waals surface area contributed by atoms with Gasteiger partial charge in [0.1, 0.15) is 17.5 Å². The first-order chi connectivity index (χ1) is 12.5. The molecule has 3 heterocycles. The molecule has 0 radical (unpaired) electrons. The summed E-state index contributed by atoms with van der Waals surface area (Å²) in [7, 11) is 0. The fourth-order valence-corrected chi connectivity index (χ4v) is 3.05. The summed E-state index contributed by atoms with van der Waals surface area (Å²) in [5.74, 6) is 2.63. The van der Waals surface area contributed by atoms with Gasteiger partial charge in [0, 0.05) is 38.3 Å². The van der Waals surface area contributed by atoms with E-state index in [0.717, 1.165) is 66.8 Å². The summed E-state index contributed by atoms with van der Waals surface area (Å²) in [5, 5.41) is 6.76. The number of nitrogens with zero attached hydrogens (tertiary/aromatic N) is 4. The van der Waals surface area contributed by atoms with Gasteiger partial charge in [-0.15, -0.1) is 0 Å². The monoisotopic (exact) mass is 354 g/mol. The Kier molecular flexibility index (Phi) is 5.65. The molecule has 1 amide bonds. The molecule has 1 aliphatic rings. The van der Waals surface area contributed by atoms with E-state index in [9.17, 15) is 4.79 Å². The Morgan fingerprint density at radius 2 is 2.00 bits per heavy atom. The van der Waals surface area contributed by atoms with Crippen molar-refractivity contribution in [2.45, 2.75) is 40.2 Å². The summed E-state index contributed by atoms with van der Waals surface area (Å²) < 4.78 is 0. The van der Waals surface area contributed by atoms with Crippen LogP contribution in [0.25, 0.3) is 0 Å². The van der Waals surface area contributed by atoms with Crippen molar-refractivity contribution < 1.29 is 4.79 Å². The van der Waals surface area contributed by atoms with E-state index >= 15 is 0 Å². The lowest BCUT2D eigenvalue weighted by atomic mass is 10.1. The van der Waals surface area contributed by atoms with Crippen LogP contribution in [0, 0.1) is 13.8 Å². The minimum atomic E-state index is 0.0946. The number of aryl methyl sites for hydroxylation is 2. The molecule has 7 heteroatoms. The zero-order chi connectivity index (χ0) is 18.5. The highest BCUT2D eigenvalue weighted by Crippen LogP contribution is 2.23. The van der Waals surface area contributed by atoms with E-state index in [2.05, 4.69) is 25.6 Å². The summed E-state index contributed by atoms with van der Waals surface area (Å²) in [5.41, 5.74) is 3.26. The van der Waals surface area contributed by atoms with Crippen LogP contribution in [0.15, 0.2) is 18.3 Å². The first-order valence-electron chi connectivity index (χ1n) is 9.05. The smallest absolute Gasteiger partial charge is 0.219 e. The van der Waals surface area contributed by atoms with E-state index in [1.807, 2.05) is 37.1 Å². The minimum Gasteiger partial charge on any atom is -0.370 e. The summed E-state index contributed by atoms with van der Waals surface area (Å²) in [4.78, 5) is 26.9. The number of amides is 1. The van der Waals surface area contributed by atoms with Gasteiger partial charge in [0.15, 0.2) is 0 Å². The van der Waals surface area contributed by atoms with Crippen molar-refractivity contribution in [3.63, 3.8) is 0 Å². The molecule has 0 saturated heterocycles. The topological polar surface area (TPSA) is 83.0 Å². The predicted molar refractivity (Wildman–Crippen MR) is 102 cm³/mol. The molecule has 2 aromatic rings. The standard InChI is InChI=1S/C19H26N6O/c1-13-5-6-18(22-11-13)20-8-4-9-21-19-16-7-10-25(15(3)26)12-17(16)23-14(2)24-19/h5-6,11H,4,7-10,12H2,1-3H3,(H,20,22)(H,21,23,24). The van der Waals surface area contributed by atoms with Crippen LogP contribution >= 0.6 is 0 Å². The highest BCUT2D eigenvalue weighted by molar-refractivity contribution is 5.73. The number of hydrogen-bond donors (Lipinski definition) is 2. The molecule has 0 aliphatic carbocycles. The van der Waals surface area contributed by atoms with Gasteiger partial charge < -0.3 is 15.5 Å². The average molecular weight is 354 g/mol. The van der Waals surface area contributed by atoms with E-state index < -0.39 is 0 Å². The van der Waals surface area contributed by atoms with E-state index in [-0.39, 0.29) is 5.91 Å². The number of aromatic nitrogens is 3. The van der Waals surface area contributed by atoms with E-state index in [0.29, 0.717) is 6.54 Å². The maximum absolute atomic E-state index is 11.6. The zero-order valence-electron chi connectivity index (χ0n) is 15.7. The van der Waals surface area contributed by atoms with Crippen LogP contribution in [-0.4, -0.2) is 45.4 Å². The Labute approximate surface area is 154 Å². The summed E-state index contributed by atoms with van der Waals surface area (Å²) >= 11 is 0. The second-order valence-electron chi connectivity index (χ2n) is 6.66. The van der Waals surface area contributed by atoms with Crippen molar-refractivity contribution in [3.05, 3.63) is 41.0 Å². The lowest BCUT2D eigenvalue weighted by Gasteiger charge is -2.28. The maximum Gasteiger partial charge on any atom is 0.219 e. The zero-order valence-corrected chi connectivity index (χ0v) is 15.7. The predicted octanol–water partition coefficient (Wildman–Crippen LogP) is 2.31. The molecule has 0 bridgehead atoms. The van der Waals surface area contributed by atoms with Crippen molar-refractivity contribution >= 4 is 17.5 Å². The molecular weight excluding hydrogens is 328 g/mol. The van der Waals surface area contributed by atoms with Crippen LogP contribution in [0.1, 0.15) is 36.0 Å². The Balaban J connectivity index is 1.53. The summed E-state index contributed by atoms with van der Waals surface area (Å²) in [6.45, 7) is 8.48. The molecule has 138 valence electrons. The first-order valence-corrected chi connectivity index (χ1v) is 9.05. The molecule has 3 rings (SSSR count). The molecule has 0 spiro atoms. The quantitative estimate of drug-likeness (QED) is 0.775. The number of rotatable bonds is 6. The minimum absolute atomic E-state index is 0.0946. The van der Waals surface area contributed by atoms with Crippen LogP contribution in [0.2, 0.25) is 0 Å². The van der Waals surface area contributed by atoms with Crippen molar-refractivity contribution in [2.75, 3.05) is 30.3 Å².